The van der Waals surface area contributed by atoms with Gasteiger partial charge in [0.05, 0.1) is 25.2 Å². The molecule has 0 spiro atoms. The number of rotatable bonds is 3. The smallest absolute Gasteiger partial charge is 0.248 e. The number of ether oxygens (including phenoxy) is 2. The largest absolute Gasteiger partial charge is 0.381 e. The number of fused-ring (bicyclic) bond motifs is 1. The quantitative estimate of drug-likeness (QED) is 0.781. The predicted octanol–water partition coefficient (Wildman–Crippen LogP) is 1.20. The molecule has 0 saturated carbocycles. The second kappa shape index (κ2) is 7.05. The monoisotopic (exact) mass is 324 g/mol. The van der Waals surface area contributed by atoms with E-state index in [0.29, 0.717) is 31.1 Å². The van der Waals surface area contributed by atoms with Crippen LogP contribution in [0.1, 0.15) is 38.5 Å². The van der Waals surface area contributed by atoms with Crippen molar-refractivity contribution in [3.8, 4) is 0 Å². The molecule has 0 N–H and O–H groups in total. The van der Waals surface area contributed by atoms with Crippen LogP contribution in [0.25, 0.3) is 0 Å². The van der Waals surface area contributed by atoms with Crippen molar-refractivity contribution in [2.24, 2.45) is 5.92 Å². The molecule has 4 aliphatic heterocycles. The summed E-state index contributed by atoms with van der Waals surface area (Å²) in [5.74, 6) is 0.689. The Hall–Kier alpha value is -0.690. The van der Waals surface area contributed by atoms with Crippen molar-refractivity contribution in [1.29, 1.82) is 0 Å². The van der Waals surface area contributed by atoms with E-state index in [1.807, 2.05) is 0 Å². The number of carbonyl (C=O) groups is 1. The summed E-state index contributed by atoms with van der Waals surface area (Å²) in [6, 6.07) is 0.666. The molecule has 0 aromatic rings. The van der Waals surface area contributed by atoms with Gasteiger partial charge in [0.25, 0.3) is 0 Å². The summed E-state index contributed by atoms with van der Waals surface area (Å²) < 4.78 is 11.7. The summed E-state index contributed by atoms with van der Waals surface area (Å²) in [6.07, 6.45) is 6.28. The molecule has 6 heteroatoms. The van der Waals surface area contributed by atoms with Gasteiger partial charge in [-0.25, -0.2) is 5.06 Å². The third kappa shape index (κ3) is 3.55. The molecule has 6 nitrogen and oxygen atoms in total. The highest BCUT2D eigenvalue weighted by Crippen LogP contribution is 2.36. The fourth-order valence-corrected chi connectivity index (χ4v) is 4.46. The highest BCUT2D eigenvalue weighted by Gasteiger charge is 2.44. The molecule has 0 aliphatic carbocycles. The minimum absolute atomic E-state index is 0.0832. The first-order valence-electron chi connectivity index (χ1n) is 9.20. The van der Waals surface area contributed by atoms with E-state index < -0.39 is 0 Å². The van der Waals surface area contributed by atoms with Gasteiger partial charge in [0.1, 0.15) is 0 Å². The first kappa shape index (κ1) is 15.8. The van der Waals surface area contributed by atoms with E-state index in [1.165, 1.54) is 0 Å². The Labute approximate surface area is 138 Å². The van der Waals surface area contributed by atoms with Crippen molar-refractivity contribution in [1.82, 2.24) is 9.96 Å². The van der Waals surface area contributed by atoms with Crippen LogP contribution in [-0.4, -0.2) is 73.6 Å². The Kier molecular flexibility index (Phi) is 4.85. The van der Waals surface area contributed by atoms with Gasteiger partial charge in [-0.1, -0.05) is 0 Å². The zero-order valence-corrected chi connectivity index (χ0v) is 13.8. The SMILES string of the molecule is O=C(C[C@@H]1C[C@@H]2CN(C3CCOCC3)C[C@@H]2O1)N1CCCCO1. The van der Waals surface area contributed by atoms with Gasteiger partial charge in [-0.3, -0.25) is 14.5 Å². The normalized spacial score (nSPS) is 36.3. The minimum atomic E-state index is 0.0832. The molecular weight excluding hydrogens is 296 g/mol. The van der Waals surface area contributed by atoms with Gasteiger partial charge in [-0.15, -0.1) is 0 Å². The molecule has 1 amide bonds. The Balaban J connectivity index is 1.24. The molecule has 4 aliphatic rings. The van der Waals surface area contributed by atoms with Crippen LogP contribution >= 0.6 is 0 Å². The Morgan fingerprint density at radius 1 is 1.09 bits per heavy atom. The van der Waals surface area contributed by atoms with Crippen LogP contribution in [0.2, 0.25) is 0 Å². The Morgan fingerprint density at radius 2 is 1.96 bits per heavy atom. The first-order chi connectivity index (χ1) is 11.3. The van der Waals surface area contributed by atoms with Crippen LogP contribution in [0.5, 0.6) is 0 Å². The number of hydroxylamine groups is 2. The van der Waals surface area contributed by atoms with Crippen LogP contribution in [0, 0.1) is 5.92 Å². The van der Waals surface area contributed by atoms with Gasteiger partial charge in [0.15, 0.2) is 0 Å². The van der Waals surface area contributed by atoms with Crippen molar-refractivity contribution in [2.45, 2.75) is 56.8 Å². The van der Waals surface area contributed by atoms with Crippen molar-refractivity contribution < 1.29 is 19.1 Å². The van der Waals surface area contributed by atoms with Gasteiger partial charge < -0.3 is 9.47 Å². The van der Waals surface area contributed by atoms with E-state index in [4.69, 9.17) is 14.3 Å². The zero-order chi connectivity index (χ0) is 15.6. The second-order valence-corrected chi connectivity index (χ2v) is 7.33. The highest BCUT2D eigenvalue weighted by atomic mass is 16.7. The van der Waals surface area contributed by atoms with Gasteiger partial charge in [0.2, 0.25) is 5.91 Å². The molecule has 23 heavy (non-hydrogen) atoms. The van der Waals surface area contributed by atoms with Crippen molar-refractivity contribution in [2.75, 3.05) is 39.5 Å². The summed E-state index contributed by atoms with van der Waals surface area (Å²) in [5, 5.41) is 1.55. The number of amides is 1. The number of likely N-dealkylation sites (tertiary alicyclic amines) is 1. The van der Waals surface area contributed by atoms with Gasteiger partial charge >= 0.3 is 0 Å². The third-order valence-corrected chi connectivity index (χ3v) is 5.73. The first-order valence-corrected chi connectivity index (χ1v) is 9.20. The van der Waals surface area contributed by atoms with Crippen molar-refractivity contribution in [3.63, 3.8) is 0 Å². The molecule has 4 fully saturated rings. The predicted molar refractivity (Wildman–Crippen MR) is 83.7 cm³/mol. The number of hydrogen-bond acceptors (Lipinski definition) is 5. The van der Waals surface area contributed by atoms with E-state index in [-0.39, 0.29) is 12.0 Å². The standard InChI is InChI=1S/C17H28N2O4/c20-17(19-5-1-2-6-22-19)10-15-9-13-11-18(12-16(13)23-15)14-3-7-21-8-4-14/h13-16H,1-12H2/t13-,15+,16+/m1/s1. The number of nitrogens with zero attached hydrogens (tertiary/aromatic N) is 2. The fourth-order valence-electron chi connectivity index (χ4n) is 4.46. The molecule has 0 radical (unpaired) electrons. The lowest BCUT2D eigenvalue weighted by molar-refractivity contribution is -0.199. The molecule has 0 aromatic heterocycles. The van der Waals surface area contributed by atoms with E-state index in [0.717, 1.165) is 65.0 Å². The third-order valence-electron chi connectivity index (χ3n) is 5.73. The van der Waals surface area contributed by atoms with Crippen LogP contribution in [0.3, 0.4) is 0 Å². The lowest BCUT2D eigenvalue weighted by Crippen LogP contribution is -2.40. The Bertz CT molecular complexity index is 407. The van der Waals surface area contributed by atoms with Crippen LogP contribution in [0.4, 0.5) is 0 Å². The summed E-state index contributed by atoms with van der Waals surface area (Å²) in [4.78, 5) is 20.3. The van der Waals surface area contributed by atoms with E-state index in [2.05, 4.69) is 4.90 Å². The zero-order valence-electron chi connectivity index (χ0n) is 13.8. The van der Waals surface area contributed by atoms with Gasteiger partial charge in [0, 0.05) is 44.8 Å². The number of carbonyl (C=O) groups excluding carboxylic acids is 1. The summed E-state index contributed by atoms with van der Waals surface area (Å²) >= 11 is 0. The molecule has 0 bridgehead atoms. The highest BCUT2D eigenvalue weighted by molar-refractivity contribution is 5.75. The molecule has 0 unspecified atom stereocenters. The summed E-state index contributed by atoms with van der Waals surface area (Å²) in [7, 11) is 0. The molecule has 130 valence electrons. The van der Waals surface area contributed by atoms with Gasteiger partial charge in [-0.2, -0.15) is 0 Å². The maximum atomic E-state index is 12.3. The molecular formula is C17H28N2O4. The summed E-state index contributed by atoms with van der Waals surface area (Å²) in [6.45, 7) is 5.34. The average molecular weight is 324 g/mol. The summed E-state index contributed by atoms with van der Waals surface area (Å²) in [5.41, 5.74) is 0. The van der Waals surface area contributed by atoms with E-state index in [9.17, 15) is 4.79 Å². The number of hydrogen-bond donors (Lipinski definition) is 0. The van der Waals surface area contributed by atoms with E-state index >= 15 is 0 Å². The Morgan fingerprint density at radius 3 is 2.70 bits per heavy atom. The molecule has 4 heterocycles. The topological polar surface area (TPSA) is 51.2 Å². The fraction of sp³-hybridized carbons (Fsp3) is 0.941. The maximum Gasteiger partial charge on any atom is 0.248 e. The average Bonchev–Trinajstić information content (AvgIpc) is 3.15. The van der Waals surface area contributed by atoms with Crippen molar-refractivity contribution >= 4 is 5.91 Å². The van der Waals surface area contributed by atoms with E-state index in [1.54, 1.807) is 5.06 Å². The van der Waals surface area contributed by atoms with Crippen LogP contribution in [-0.2, 0) is 19.1 Å². The minimum Gasteiger partial charge on any atom is -0.381 e. The lowest BCUT2D eigenvalue weighted by Gasteiger charge is -2.32. The lowest BCUT2D eigenvalue weighted by atomic mass is 10.0. The molecule has 4 rings (SSSR count). The van der Waals surface area contributed by atoms with Gasteiger partial charge in [-0.05, 0) is 32.1 Å². The van der Waals surface area contributed by atoms with Crippen LogP contribution < -0.4 is 0 Å². The maximum absolute atomic E-state index is 12.3. The van der Waals surface area contributed by atoms with Crippen LogP contribution in [0.15, 0.2) is 0 Å². The second-order valence-electron chi connectivity index (χ2n) is 7.33. The van der Waals surface area contributed by atoms with Crippen molar-refractivity contribution in [3.05, 3.63) is 0 Å². The molecule has 0 aromatic carbocycles. The molecule has 4 saturated heterocycles. The molecule has 3 atom stereocenters.